The second-order valence-electron chi connectivity index (χ2n) is 8.45. The van der Waals surface area contributed by atoms with Crippen LogP contribution in [0.1, 0.15) is 22.7 Å². The van der Waals surface area contributed by atoms with Gasteiger partial charge in [-0.2, -0.15) is 0 Å². The van der Waals surface area contributed by atoms with E-state index in [1.807, 2.05) is 25.1 Å². The van der Waals surface area contributed by atoms with E-state index in [1.54, 1.807) is 49.6 Å². The van der Waals surface area contributed by atoms with Crippen LogP contribution < -0.4 is 19.1 Å². The lowest BCUT2D eigenvalue weighted by Gasteiger charge is -2.25. The number of aromatic nitrogens is 1. The maximum atomic E-state index is 13.5. The van der Waals surface area contributed by atoms with Gasteiger partial charge in [0, 0.05) is 11.1 Å². The highest BCUT2D eigenvalue weighted by molar-refractivity contribution is 7.22. The van der Waals surface area contributed by atoms with Crippen LogP contribution in [0.25, 0.3) is 16.0 Å². The van der Waals surface area contributed by atoms with Crippen molar-refractivity contribution in [2.24, 2.45) is 0 Å². The van der Waals surface area contributed by atoms with Gasteiger partial charge in [0.1, 0.15) is 17.6 Å². The van der Waals surface area contributed by atoms with E-state index in [-0.39, 0.29) is 11.3 Å². The summed E-state index contributed by atoms with van der Waals surface area (Å²) in [6, 6.07) is 16.7. The van der Waals surface area contributed by atoms with Gasteiger partial charge in [-0.25, -0.2) is 4.98 Å². The van der Waals surface area contributed by atoms with E-state index in [4.69, 9.17) is 14.2 Å². The molecule has 9 heteroatoms. The van der Waals surface area contributed by atoms with Crippen LogP contribution in [0.4, 0.5) is 5.13 Å². The second kappa shape index (κ2) is 9.59. The van der Waals surface area contributed by atoms with Gasteiger partial charge < -0.3 is 19.3 Å². The predicted octanol–water partition coefficient (Wildman–Crippen LogP) is 5.26. The summed E-state index contributed by atoms with van der Waals surface area (Å²) in [5.74, 6) is -0.470. The van der Waals surface area contributed by atoms with Gasteiger partial charge in [0.15, 0.2) is 16.6 Å². The number of carbonyl (C=O) groups is 2. The van der Waals surface area contributed by atoms with Crippen LogP contribution in [0.3, 0.4) is 0 Å². The van der Waals surface area contributed by atoms with Crippen LogP contribution in [0.15, 0.2) is 66.2 Å². The molecule has 0 bridgehead atoms. The minimum atomic E-state index is -1.01. The minimum Gasteiger partial charge on any atom is -0.507 e. The van der Waals surface area contributed by atoms with Gasteiger partial charge in [-0.15, -0.1) is 0 Å². The standard InChI is InChI=1S/C28H24N2O6S/c1-15-8-10-16(11-9-15)24(31)22-23(18-6-5-7-20(35-3)26(18)36-4)30(27(33)25(22)32)28-29-19-13-12-17(34-2)14-21(19)37-28/h5-14,23,31H,1-4H3/b24-22+/t23-/m0/s1. The molecule has 4 aromatic rings. The fourth-order valence-electron chi connectivity index (χ4n) is 4.44. The number of carbonyl (C=O) groups excluding carboxylic acids is 2. The number of benzene rings is 3. The molecular weight excluding hydrogens is 492 g/mol. The number of methoxy groups -OCH3 is 3. The highest BCUT2D eigenvalue weighted by atomic mass is 32.1. The molecule has 1 N–H and O–H groups in total. The number of hydrogen-bond acceptors (Lipinski definition) is 8. The molecule has 1 aromatic heterocycles. The zero-order chi connectivity index (χ0) is 26.3. The van der Waals surface area contributed by atoms with Gasteiger partial charge in [0.05, 0.1) is 37.1 Å². The fraction of sp³-hybridized carbons (Fsp3) is 0.179. The van der Waals surface area contributed by atoms with Crippen LogP contribution in [-0.2, 0) is 9.59 Å². The molecule has 1 atom stereocenters. The Hall–Kier alpha value is -4.37. The lowest BCUT2D eigenvalue weighted by Crippen LogP contribution is -2.29. The van der Waals surface area contributed by atoms with E-state index in [1.165, 1.54) is 30.5 Å². The number of ketones is 1. The van der Waals surface area contributed by atoms with E-state index in [0.29, 0.717) is 39.0 Å². The summed E-state index contributed by atoms with van der Waals surface area (Å²) in [6.45, 7) is 1.92. The number of rotatable bonds is 6. The topological polar surface area (TPSA) is 98.2 Å². The SMILES string of the molecule is COc1ccc2nc(N3C(=O)C(=O)/C(=C(/O)c4ccc(C)cc4)[C@@H]3c3cccc(OC)c3OC)sc2c1. The number of fused-ring (bicyclic) bond motifs is 1. The van der Waals surface area contributed by atoms with Crippen LogP contribution in [0.5, 0.6) is 17.2 Å². The Bertz CT molecular complexity index is 1560. The summed E-state index contributed by atoms with van der Waals surface area (Å²) in [5.41, 5.74) is 2.49. The number of amides is 1. The molecule has 1 saturated heterocycles. The van der Waals surface area contributed by atoms with Crippen LogP contribution >= 0.6 is 11.3 Å². The number of thiazole rings is 1. The predicted molar refractivity (Wildman–Crippen MR) is 142 cm³/mol. The highest BCUT2D eigenvalue weighted by Gasteiger charge is 2.49. The molecule has 8 nitrogen and oxygen atoms in total. The molecule has 1 aliphatic rings. The van der Waals surface area contributed by atoms with Crippen molar-refractivity contribution in [3.05, 3.63) is 82.9 Å². The van der Waals surface area contributed by atoms with Crippen molar-refractivity contribution in [2.45, 2.75) is 13.0 Å². The van der Waals surface area contributed by atoms with Gasteiger partial charge in [-0.1, -0.05) is 53.3 Å². The molecule has 1 aliphatic heterocycles. The Labute approximate surface area is 217 Å². The average molecular weight is 517 g/mol. The molecule has 3 aromatic carbocycles. The molecule has 0 saturated carbocycles. The first-order chi connectivity index (χ1) is 17.9. The number of aliphatic hydroxyl groups excluding tert-OH is 1. The molecule has 0 radical (unpaired) electrons. The van der Waals surface area contributed by atoms with Crippen molar-refractivity contribution in [2.75, 3.05) is 26.2 Å². The Morgan fingerprint density at radius 1 is 0.973 bits per heavy atom. The van der Waals surface area contributed by atoms with Crippen molar-refractivity contribution in [3.8, 4) is 17.2 Å². The van der Waals surface area contributed by atoms with Gasteiger partial charge in [-0.3, -0.25) is 14.5 Å². The van der Waals surface area contributed by atoms with Crippen molar-refractivity contribution in [1.82, 2.24) is 4.98 Å². The monoisotopic (exact) mass is 516 g/mol. The number of aryl methyl sites for hydroxylation is 1. The first kappa shape index (κ1) is 24.3. The molecule has 0 unspecified atom stereocenters. The van der Waals surface area contributed by atoms with E-state index in [2.05, 4.69) is 4.98 Å². The molecule has 37 heavy (non-hydrogen) atoms. The van der Waals surface area contributed by atoms with Gasteiger partial charge in [-0.05, 0) is 31.2 Å². The van der Waals surface area contributed by atoms with Crippen LogP contribution in [0, 0.1) is 6.92 Å². The summed E-state index contributed by atoms with van der Waals surface area (Å²) >= 11 is 1.25. The summed E-state index contributed by atoms with van der Waals surface area (Å²) in [7, 11) is 4.56. The fourth-order valence-corrected chi connectivity index (χ4v) is 5.46. The van der Waals surface area contributed by atoms with Gasteiger partial charge in [0.25, 0.3) is 5.78 Å². The normalized spacial score (nSPS) is 16.9. The quantitative estimate of drug-likeness (QED) is 0.212. The Morgan fingerprint density at radius 2 is 1.73 bits per heavy atom. The zero-order valence-electron chi connectivity index (χ0n) is 20.6. The van der Waals surface area contributed by atoms with E-state index in [9.17, 15) is 14.7 Å². The third-order valence-corrected chi connectivity index (χ3v) is 7.31. The van der Waals surface area contributed by atoms with Crippen LogP contribution in [0.2, 0.25) is 0 Å². The van der Waals surface area contributed by atoms with E-state index >= 15 is 0 Å². The Morgan fingerprint density at radius 3 is 2.41 bits per heavy atom. The number of nitrogens with zero attached hydrogens (tertiary/aromatic N) is 2. The molecule has 1 fully saturated rings. The zero-order valence-corrected chi connectivity index (χ0v) is 21.5. The molecule has 0 aliphatic carbocycles. The molecule has 1 amide bonds. The average Bonchev–Trinajstić information content (AvgIpc) is 3.45. The first-order valence-electron chi connectivity index (χ1n) is 11.4. The summed E-state index contributed by atoms with van der Waals surface area (Å²) < 4.78 is 17.2. The van der Waals surface area contributed by atoms with Crippen molar-refractivity contribution in [1.29, 1.82) is 0 Å². The number of anilines is 1. The largest absolute Gasteiger partial charge is 0.507 e. The number of hydrogen-bond donors (Lipinski definition) is 1. The van der Waals surface area contributed by atoms with E-state index < -0.39 is 17.7 Å². The van der Waals surface area contributed by atoms with Crippen molar-refractivity contribution >= 4 is 44.1 Å². The molecule has 188 valence electrons. The number of ether oxygens (including phenoxy) is 3. The molecular formula is C28H24N2O6S. The van der Waals surface area contributed by atoms with Crippen molar-refractivity contribution < 1.29 is 28.9 Å². The van der Waals surface area contributed by atoms with Crippen LogP contribution in [-0.4, -0.2) is 43.1 Å². The Kier molecular flexibility index (Phi) is 6.31. The lowest BCUT2D eigenvalue weighted by molar-refractivity contribution is -0.132. The summed E-state index contributed by atoms with van der Waals surface area (Å²) in [6.07, 6.45) is 0. The van der Waals surface area contributed by atoms with Gasteiger partial charge in [0.2, 0.25) is 0 Å². The lowest BCUT2D eigenvalue weighted by atomic mass is 9.94. The first-order valence-corrected chi connectivity index (χ1v) is 12.2. The third kappa shape index (κ3) is 4.07. The second-order valence-corrected chi connectivity index (χ2v) is 9.46. The molecule has 0 spiro atoms. The maximum absolute atomic E-state index is 13.5. The molecule has 5 rings (SSSR count). The van der Waals surface area contributed by atoms with Gasteiger partial charge >= 0.3 is 5.91 Å². The summed E-state index contributed by atoms with van der Waals surface area (Å²) in [4.78, 5) is 33.0. The smallest absolute Gasteiger partial charge is 0.301 e. The number of aliphatic hydroxyl groups is 1. The number of Topliss-reactive ketones (excluding diaryl/α,β-unsaturated/α-hetero) is 1. The Balaban J connectivity index is 1.77. The van der Waals surface area contributed by atoms with E-state index in [0.717, 1.165) is 10.3 Å². The third-order valence-electron chi connectivity index (χ3n) is 6.29. The minimum absolute atomic E-state index is 0.0581. The summed E-state index contributed by atoms with van der Waals surface area (Å²) in [5, 5.41) is 11.7. The maximum Gasteiger partial charge on any atom is 0.301 e. The molecule has 2 heterocycles. The highest BCUT2D eigenvalue weighted by Crippen LogP contribution is 2.48. The van der Waals surface area contributed by atoms with Crippen molar-refractivity contribution in [3.63, 3.8) is 0 Å². The number of para-hydroxylation sites is 1.